The summed E-state index contributed by atoms with van der Waals surface area (Å²) >= 11 is 0. The van der Waals surface area contributed by atoms with Crippen LogP contribution in [0.4, 0.5) is 0 Å². The molecule has 0 heterocycles. The van der Waals surface area contributed by atoms with Gasteiger partial charge in [0.05, 0.1) is 6.61 Å². The van der Waals surface area contributed by atoms with Crippen molar-refractivity contribution in [3.8, 4) is 0 Å². The van der Waals surface area contributed by atoms with Crippen molar-refractivity contribution in [2.45, 2.75) is 31.3 Å². The van der Waals surface area contributed by atoms with Crippen LogP contribution in [0.2, 0.25) is 0 Å². The minimum atomic E-state index is -1.79. The topological polar surface area (TPSA) is 118 Å². The van der Waals surface area contributed by atoms with Crippen molar-refractivity contribution < 1.29 is 30.3 Å². The maximum atomic E-state index is 9.90. The predicted molar refractivity (Wildman–Crippen MR) is 62.2 cm³/mol. The van der Waals surface area contributed by atoms with Crippen LogP contribution in [0.25, 0.3) is 0 Å². The third kappa shape index (κ3) is 8.73. The van der Waals surface area contributed by atoms with Gasteiger partial charge in [-0.25, -0.2) is 0 Å². The summed E-state index contributed by atoms with van der Waals surface area (Å²) in [6, 6.07) is 0. The van der Waals surface area contributed by atoms with E-state index in [4.69, 9.17) is 25.5 Å². The summed E-state index contributed by atoms with van der Waals surface area (Å²) in [5.74, 6) is 0. The summed E-state index contributed by atoms with van der Waals surface area (Å²) in [5, 5.41) is 43.5. The lowest BCUT2D eigenvalue weighted by Crippen LogP contribution is -2.46. The van der Waals surface area contributed by atoms with Gasteiger partial charge in [0.15, 0.2) is 6.29 Å². The van der Waals surface area contributed by atoms with Crippen LogP contribution in [0.15, 0.2) is 24.8 Å². The fraction of sp³-hybridized carbons (Fsp3) is 0.545. The van der Waals surface area contributed by atoms with Crippen molar-refractivity contribution in [2.75, 3.05) is 6.61 Å². The van der Waals surface area contributed by atoms with Crippen LogP contribution >= 0.6 is 0 Å². The number of aliphatic hydroxyl groups excluding tert-OH is 5. The second-order valence-corrected chi connectivity index (χ2v) is 3.41. The summed E-state index contributed by atoms with van der Waals surface area (Å²) in [5.41, 5.74) is 1.02. The minimum Gasteiger partial charge on any atom is -0.394 e. The standard InChI is InChI=1S/C6H12O6.C5H8/c7-1-3(9)5(11)6(12)4(10)2-8;1-4-5(2)3/h1,3-6,8-12H,2H2;4H,1-2H2,3H3/t3-,4+,5+,6+;/m0./s1. The molecule has 0 saturated heterocycles. The second kappa shape index (κ2) is 10.1. The molecular weight excluding hydrogens is 228 g/mol. The Morgan fingerprint density at radius 2 is 1.65 bits per heavy atom. The molecule has 17 heavy (non-hydrogen) atoms. The van der Waals surface area contributed by atoms with Crippen LogP contribution < -0.4 is 0 Å². The normalized spacial score (nSPS) is 16.8. The molecule has 6 nitrogen and oxygen atoms in total. The number of allylic oxidation sites excluding steroid dienone is 2. The molecule has 0 amide bonds. The number of aldehydes is 1. The van der Waals surface area contributed by atoms with Gasteiger partial charge in [0.2, 0.25) is 0 Å². The highest BCUT2D eigenvalue weighted by Gasteiger charge is 2.29. The lowest BCUT2D eigenvalue weighted by Gasteiger charge is -2.22. The van der Waals surface area contributed by atoms with Gasteiger partial charge in [0, 0.05) is 0 Å². The Morgan fingerprint density at radius 3 is 1.88 bits per heavy atom. The van der Waals surface area contributed by atoms with Gasteiger partial charge in [-0.1, -0.05) is 24.8 Å². The van der Waals surface area contributed by atoms with Crippen molar-refractivity contribution in [1.29, 1.82) is 0 Å². The van der Waals surface area contributed by atoms with Crippen LogP contribution in [0.5, 0.6) is 0 Å². The van der Waals surface area contributed by atoms with E-state index in [0.717, 1.165) is 5.57 Å². The zero-order chi connectivity index (χ0) is 14.0. The first kappa shape index (κ1) is 18.3. The molecular formula is C11H20O6. The molecule has 0 fully saturated rings. The van der Waals surface area contributed by atoms with Gasteiger partial charge in [-0.05, 0) is 6.92 Å². The number of hydrogen-bond acceptors (Lipinski definition) is 6. The van der Waals surface area contributed by atoms with Gasteiger partial charge in [-0.15, -0.1) is 0 Å². The maximum Gasteiger partial charge on any atom is 0.151 e. The smallest absolute Gasteiger partial charge is 0.151 e. The zero-order valence-corrected chi connectivity index (χ0v) is 9.73. The van der Waals surface area contributed by atoms with E-state index in [1.54, 1.807) is 6.08 Å². The quantitative estimate of drug-likeness (QED) is 0.284. The molecule has 5 N–H and O–H groups in total. The number of aliphatic hydroxyl groups is 5. The third-order valence-electron chi connectivity index (χ3n) is 1.77. The Bertz CT molecular complexity index is 240. The average molecular weight is 248 g/mol. The molecule has 0 radical (unpaired) electrons. The van der Waals surface area contributed by atoms with Crippen molar-refractivity contribution in [3.05, 3.63) is 24.8 Å². The van der Waals surface area contributed by atoms with Crippen LogP contribution in [0, 0.1) is 0 Å². The van der Waals surface area contributed by atoms with E-state index in [2.05, 4.69) is 13.2 Å². The van der Waals surface area contributed by atoms with Gasteiger partial charge in [0.1, 0.15) is 24.4 Å². The Morgan fingerprint density at radius 1 is 1.24 bits per heavy atom. The molecule has 0 aliphatic heterocycles. The number of hydrogen-bond donors (Lipinski definition) is 5. The Kier molecular flexibility index (Phi) is 10.9. The summed E-state index contributed by atoms with van der Waals surface area (Å²) < 4.78 is 0. The molecule has 0 spiro atoms. The molecule has 0 aromatic heterocycles. The molecule has 100 valence electrons. The zero-order valence-electron chi connectivity index (χ0n) is 9.73. The molecule has 4 atom stereocenters. The minimum absolute atomic E-state index is 0.0258. The summed E-state index contributed by atoms with van der Waals surface area (Å²) in [7, 11) is 0. The van der Waals surface area contributed by atoms with Gasteiger partial charge in [-0.3, -0.25) is 0 Å². The molecule has 0 aromatic carbocycles. The predicted octanol–water partition coefficient (Wildman–Crippen LogP) is -1.63. The highest BCUT2D eigenvalue weighted by Crippen LogP contribution is 2.02. The molecule has 0 aliphatic carbocycles. The Balaban J connectivity index is 0. The molecule has 6 heteroatoms. The van der Waals surface area contributed by atoms with Crippen LogP contribution in [-0.2, 0) is 4.79 Å². The molecule has 0 aromatic rings. The number of carbonyl (C=O) groups excluding carboxylic acids is 1. The molecule has 0 unspecified atom stereocenters. The van der Waals surface area contributed by atoms with Crippen LogP contribution in [-0.4, -0.2) is 62.8 Å². The van der Waals surface area contributed by atoms with Crippen LogP contribution in [0.1, 0.15) is 6.92 Å². The summed E-state index contributed by atoms with van der Waals surface area (Å²) in [4.78, 5) is 9.90. The lowest BCUT2D eigenvalue weighted by molar-refractivity contribution is -0.136. The first-order valence-corrected chi connectivity index (χ1v) is 4.88. The number of carbonyl (C=O) groups is 1. The molecule has 0 rings (SSSR count). The van der Waals surface area contributed by atoms with Gasteiger partial charge < -0.3 is 30.3 Å². The van der Waals surface area contributed by atoms with E-state index in [1.807, 2.05) is 6.92 Å². The monoisotopic (exact) mass is 248 g/mol. The number of rotatable bonds is 6. The Labute approximate surface area is 100 Å². The van der Waals surface area contributed by atoms with E-state index in [0.29, 0.717) is 0 Å². The van der Waals surface area contributed by atoms with Gasteiger partial charge >= 0.3 is 0 Å². The molecule has 0 saturated carbocycles. The SMILES string of the molecule is C=CC(=C)C.O=C[C@H](O)[C@@H](O)[C@H](O)[C@H](O)CO. The van der Waals surface area contributed by atoms with Crippen molar-refractivity contribution >= 4 is 6.29 Å². The van der Waals surface area contributed by atoms with Crippen molar-refractivity contribution in [1.82, 2.24) is 0 Å². The van der Waals surface area contributed by atoms with Gasteiger partial charge in [0.25, 0.3) is 0 Å². The lowest BCUT2D eigenvalue weighted by atomic mass is 10.0. The van der Waals surface area contributed by atoms with E-state index in [9.17, 15) is 4.79 Å². The first-order chi connectivity index (χ1) is 7.81. The fourth-order valence-corrected chi connectivity index (χ4v) is 0.618. The second-order valence-electron chi connectivity index (χ2n) is 3.41. The maximum absolute atomic E-state index is 9.90. The Hall–Kier alpha value is -1.05. The van der Waals surface area contributed by atoms with Crippen LogP contribution in [0.3, 0.4) is 0 Å². The highest BCUT2D eigenvalue weighted by atomic mass is 16.4. The first-order valence-electron chi connectivity index (χ1n) is 4.88. The molecule has 0 aliphatic rings. The summed E-state index contributed by atoms with van der Waals surface area (Å²) in [6.07, 6.45) is -5.12. The van der Waals surface area contributed by atoms with Crippen molar-refractivity contribution in [2.24, 2.45) is 0 Å². The van der Waals surface area contributed by atoms with E-state index >= 15 is 0 Å². The van der Waals surface area contributed by atoms with Crippen molar-refractivity contribution in [3.63, 3.8) is 0 Å². The van der Waals surface area contributed by atoms with E-state index in [1.165, 1.54) is 0 Å². The third-order valence-corrected chi connectivity index (χ3v) is 1.77. The largest absolute Gasteiger partial charge is 0.394 e. The average Bonchev–Trinajstić information content (AvgIpc) is 2.35. The summed E-state index contributed by atoms with van der Waals surface area (Å²) in [6.45, 7) is 8.17. The fourth-order valence-electron chi connectivity index (χ4n) is 0.618. The van der Waals surface area contributed by atoms with E-state index in [-0.39, 0.29) is 6.29 Å². The molecule has 0 bridgehead atoms. The van der Waals surface area contributed by atoms with Gasteiger partial charge in [-0.2, -0.15) is 0 Å². The van der Waals surface area contributed by atoms with E-state index < -0.39 is 31.0 Å². The highest BCUT2D eigenvalue weighted by molar-refractivity contribution is 5.56.